The van der Waals surface area contributed by atoms with Gasteiger partial charge in [0.05, 0.1) is 0 Å². The fraction of sp³-hybridized carbons (Fsp3) is 0.300. The van der Waals surface area contributed by atoms with E-state index in [2.05, 4.69) is 39.3 Å². The number of hydrogen-bond acceptors (Lipinski definition) is 5. The molecular weight excluding hydrogens is 328 g/mol. The number of hydrogen-bond donors (Lipinski definition) is 2. The van der Waals surface area contributed by atoms with Crippen molar-refractivity contribution in [2.75, 3.05) is 19.7 Å². The van der Waals surface area contributed by atoms with Crippen molar-refractivity contribution in [2.24, 2.45) is 10.9 Å². The highest BCUT2D eigenvalue weighted by atomic mass is 16.6. The van der Waals surface area contributed by atoms with Gasteiger partial charge in [-0.25, -0.2) is 0 Å². The van der Waals surface area contributed by atoms with Crippen molar-refractivity contribution in [1.82, 2.24) is 9.88 Å². The first-order chi connectivity index (χ1) is 12.7. The quantitative estimate of drug-likeness (QED) is 0.451. The number of fused-ring (bicyclic) bond motifs is 1. The molecule has 2 heterocycles. The predicted octanol–water partition coefficient (Wildman–Crippen LogP) is 1.80. The molecule has 136 valence electrons. The molecule has 26 heavy (non-hydrogen) atoms. The van der Waals surface area contributed by atoms with Crippen LogP contribution < -0.4 is 5.73 Å². The molecule has 3 N–H and O–H groups in total. The van der Waals surface area contributed by atoms with Crippen LogP contribution in [0.25, 0.3) is 6.08 Å². The first kappa shape index (κ1) is 18.1. The lowest BCUT2D eigenvalue weighted by atomic mass is 10.00. The van der Waals surface area contributed by atoms with Gasteiger partial charge < -0.3 is 15.7 Å². The fourth-order valence-corrected chi connectivity index (χ4v) is 2.95. The van der Waals surface area contributed by atoms with Gasteiger partial charge in [0.15, 0.2) is 5.84 Å². The lowest BCUT2D eigenvalue weighted by Crippen LogP contribution is -2.38. The van der Waals surface area contributed by atoms with Crippen LogP contribution in [0, 0.1) is 0 Å². The number of aliphatic hydroxyl groups is 1. The average molecular weight is 352 g/mol. The third kappa shape index (κ3) is 5.40. The summed E-state index contributed by atoms with van der Waals surface area (Å²) in [4.78, 5) is 11.4. The van der Waals surface area contributed by atoms with Gasteiger partial charge in [0, 0.05) is 32.0 Å². The van der Waals surface area contributed by atoms with Crippen molar-refractivity contribution in [2.45, 2.75) is 19.1 Å². The van der Waals surface area contributed by atoms with E-state index < -0.39 is 6.10 Å². The van der Waals surface area contributed by atoms with Crippen LogP contribution in [0.3, 0.4) is 0 Å². The van der Waals surface area contributed by atoms with E-state index in [9.17, 15) is 5.11 Å². The Morgan fingerprint density at radius 3 is 2.96 bits per heavy atom. The molecule has 0 saturated heterocycles. The lowest BCUT2D eigenvalue weighted by molar-refractivity contribution is 0.0166. The van der Waals surface area contributed by atoms with Gasteiger partial charge in [0.2, 0.25) is 0 Å². The number of nitrogens with two attached hydrogens (primary N) is 1. The molecule has 0 fully saturated rings. The summed E-state index contributed by atoms with van der Waals surface area (Å²) in [6.07, 6.45) is 7.28. The van der Waals surface area contributed by atoms with Crippen LogP contribution in [0.1, 0.15) is 16.7 Å². The van der Waals surface area contributed by atoms with Gasteiger partial charge in [0.25, 0.3) is 0 Å². The normalized spacial score (nSPS) is 16.4. The van der Waals surface area contributed by atoms with Gasteiger partial charge in [-0.1, -0.05) is 35.5 Å². The molecule has 0 aliphatic carbocycles. The van der Waals surface area contributed by atoms with Crippen molar-refractivity contribution in [1.29, 1.82) is 0 Å². The first-order valence-corrected chi connectivity index (χ1v) is 8.71. The summed E-state index contributed by atoms with van der Waals surface area (Å²) in [6.45, 7) is 2.45. The largest absolute Gasteiger partial charge is 0.391 e. The Labute approximate surface area is 153 Å². The zero-order valence-electron chi connectivity index (χ0n) is 14.7. The van der Waals surface area contributed by atoms with Crippen molar-refractivity contribution in [3.63, 3.8) is 0 Å². The molecule has 6 heteroatoms. The summed E-state index contributed by atoms with van der Waals surface area (Å²) in [5, 5.41) is 14.0. The standard InChI is InChI=1S/C20H24N4O2/c21-20(8-7-16-4-3-10-22-12-16)23-26-15-19(25)14-24-11-9-17-5-1-2-6-18(17)13-24/h1-8,10,12,19,25H,9,11,13-15H2,(H2,21,23). The molecule has 1 unspecified atom stereocenters. The SMILES string of the molecule is NC(C=Cc1cccnc1)=NOCC(O)CN1CCc2ccccc2C1. The number of aromatic nitrogens is 1. The number of nitrogens with zero attached hydrogens (tertiary/aromatic N) is 3. The highest BCUT2D eigenvalue weighted by Crippen LogP contribution is 2.18. The first-order valence-electron chi connectivity index (χ1n) is 8.71. The van der Waals surface area contributed by atoms with E-state index in [0.29, 0.717) is 6.54 Å². The van der Waals surface area contributed by atoms with Crippen molar-refractivity contribution < 1.29 is 9.94 Å². The summed E-state index contributed by atoms with van der Waals surface area (Å²) < 4.78 is 0. The van der Waals surface area contributed by atoms with Gasteiger partial charge in [0.1, 0.15) is 12.7 Å². The van der Waals surface area contributed by atoms with Crippen LogP contribution in [0.15, 0.2) is 60.0 Å². The third-order valence-corrected chi connectivity index (χ3v) is 4.25. The maximum Gasteiger partial charge on any atom is 0.162 e. The van der Waals surface area contributed by atoms with Crippen molar-refractivity contribution in [3.05, 3.63) is 71.6 Å². The Balaban J connectivity index is 1.41. The Bertz CT molecular complexity index is 761. The monoisotopic (exact) mass is 352 g/mol. The molecule has 0 radical (unpaired) electrons. The molecule has 0 spiro atoms. The number of benzene rings is 1. The van der Waals surface area contributed by atoms with Crippen molar-refractivity contribution >= 4 is 11.9 Å². The highest BCUT2D eigenvalue weighted by Gasteiger charge is 2.18. The third-order valence-electron chi connectivity index (χ3n) is 4.25. The summed E-state index contributed by atoms with van der Waals surface area (Å²) in [5.74, 6) is 0.243. The zero-order chi connectivity index (χ0) is 18.2. The van der Waals surface area contributed by atoms with Crippen LogP contribution in [0.4, 0.5) is 0 Å². The fourth-order valence-electron chi connectivity index (χ4n) is 2.95. The second kappa shape index (κ2) is 9.12. The van der Waals surface area contributed by atoms with Gasteiger partial charge in [-0.2, -0.15) is 0 Å². The zero-order valence-corrected chi connectivity index (χ0v) is 14.7. The van der Waals surface area contributed by atoms with Gasteiger partial charge in [-0.05, 0) is 41.3 Å². The minimum Gasteiger partial charge on any atom is -0.391 e. The van der Waals surface area contributed by atoms with E-state index in [1.54, 1.807) is 24.5 Å². The van der Waals surface area contributed by atoms with Crippen LogP contribution in [0.2, 0.25) is 0 Å². The van der Waals surface area contributed by atoms with E-state index in [0.717, 1.165) is 25.1 Å². The van der Waals surface area contributed by atoms with Crippen LogP contribution in [0.5, 0.6) is 0 Å². The second-order valence-electron chi connectivity index (χ2n) is 6.34. The number of pyridine rings is 1. The van der Waals surface area contributed by atoms with E-state index in [-0.39, 0.29) is 12.4 Å². The maximum atomic E-state index is 10.2. The summed E-state index contributed by atoms with van der Waals surface area (Å²) >= 11 is 0. The number of oxime groups is 1. The molecule has 2 aromatic rings. The smallest absolute Gasteiger partial charge is 0.162 e. The van der Waals surface area contributed by atoms with Gasteiger partial charge in [-0.15, -0.1) is 0 Å². The number of β-amino-alcohol motifs (C(OH)–C–C–N with tert-alkyl or cyclic N) is 1. The van der Waals surface area contributed by atoms with E-state index in [1.807, 2.05) is 12.1 Å². The van der Waals surface area contributed by atoms with Gasteiger partial charge >= 0.3 is 0 Å². The summed E-state index contributed by atoms with van der Waals surface area (Å²) in [7, 11) is 0. The minimum absolute atomic E-state index is 0.111. The molecule has 0 bridgehead atoms. The molecule has 1 aliphatic rings. The summed E-state index contributed by atoms with van der Waals surface area (Å²) in [6, 6.07) is 12.2. The van der Waals surface area contributed by atoms with E-state index in [4.69, 9.17) is 10.6 Å². The Morgan fingerprint density at radius 2 is 2.15 bits per heavy atom. The summed E-state index contributed by atoms with van der Waals surface area (Å²) in [5.41, 5.74) is 9.42. The Kier molecular flexibility index (Phi) is 6.35. The molecular formula is C20H24N4O2. The molecule has 0 amide bonds. The second-order valence-corrected chi connectivity index (χ2v) is 6.34. The van der Waals surface area contributed by atoms with E-state index in [1.165, 1.54) is 11.1 Å². The highest BCUT2D eigenvalue weighted by molar-refractivity contribution is 5.94. The number of aliphatic hydroxyl groups excluding tert-OH is 1. The maximum absolute atomic E-state index is 10.2. The molecule has 1 atom stereocenters. The van der Waals surface area contributed by atoms with E-state index >= 15 is 0 Å². The molecule has 0 saturated carbocycles. The minimum atomic E-state index is -0.612. The predicted molar refractivity (Wildman–Crippen MR) is 102 cm³/mol. The lowest BCUT2D eigenvalue weighted by Gasteiger charge is -2.29. The Morgan fingerprint density at radius 1 is 1.31 bits per heavy atom. The average Bonchev–Trinajstić information content (AvgIpc) is 2.67. The molecule has 1 aliphatic heterocycles. The molecule has 1 aromatic heterocycles. The van der Waals surface area contributed by atoms with Crippen LogP contribution in [-0.4, -0.2) is 46.6 Å². The molecule has 6 nitrogen and oxygen atoms in total. The Hall–Kier alpha value is -2.70. The number of rotatable bonds is 7. The van der Waals surface area contributed by atoms with Crippen molar-refractivity contribution in [3.8, 4) is 0 Å². The van der Waals surface area contributed by atoms with Crippen LogP contribution >= 0.6 is 0 Å². The number of amidine groups is 1. The van der Waals surface area contributed by atoms with Crippen LogP contribution in [-0.2, 0) is 17.8 Å². The molecule has 1 aromatic carbocycles. The topological polar surface area (TPSA) is 84.0 Å². The van der Waals surface area contributed by atoms with Gasteiger partial charge in [-0.3, -0.25) is 9.88 Å². The molecule has 3 rings (SSSR count).